The van der Waals surface area contributed by atoms with Gasteiger partial charge in [0.25, 0.3) is 0 Å². The van der Waals surface area contributed by atoms with Gasteiger partial charge in [0.05, 0.1) is 6.10 Å². The summed E-state index contributed by atoms with van der Waals surface area (Å²) < 4.78 is 0. The van der Waals surface area contributed by atoms with E-state index in [0.717, 1.165) is 30.8 Å². The van der Waals surface area contributed by atoms with Crippen LogP contribution < -0.4 is 5.32 Å². The molecular weight excluding hydrogens is 228 g/mol. The quantitative estimate of drug-likeness (QED) is 0.810. The Bertz CT molecular complexity index is 391. The molecule has 18 heavy (non-hydrogen) atoms. The second-order valence-electron chi connectivity index (χ2n) is 4.76. The highest BCUT2D eigenvalue weighted by atomic mass is 16.3. The van der Waals surface area contributed by atoms with Crippen LogP contribution in [-0.2, 0) is 11.3 Å². The van der Waals surface area contributed by atoms with Gasteiger partial charge in [-0.05, 0) is 38.1 Å². The van der Waals surface area contributed by atoms with Crippen LogP contribution >= 0.6 is 0 Å². The summed E-state index contributed by atoms with van der Waals surface area (Å²) >= 11 is 0. The van der Waals surface area contributed by atoms with E-state index in [1.807, 2.05) is 31.3 Å². The third kappa shape index (κ3) is 5.80. The number of aliphatic hydroxyl groups is 1. The molecule has 0 aliphatic rings. The fourth-order valence-electron chi connectivity index (χ4n) is 1.75. The van der Waals surface area contributed by atoms with E-state index < -0.39 is 0 Å². The van der Waals surface area contributed by atoms with Gasteiger partial charge >= 0.3 is 0 Å². The van der Waals surface area contributed by atoms with Crippen LogP contribution in [0, 0.1) is 0 Å². The molecule has 100 valence electrons. The fraction of sp³-hybridized carbons (Fsp3) is 0.500. The fourth-order valence-corrected chi connectivity index (χ4v) is 1.75. The van der Waals surface area contributed by atoms with Crippen molar-refractivity contribution in [3.8, 4) is 0 Å². The van der Waals surface area contributed by atoms with Crippen molar-refractivity contribution < 1.29 is 9.90 Å². The van der Waals surface area contributed by atoms with Gasteiger partial charge in [0.2, 0.25) is 5.91 Å². The number of amides is 1. The highest BCUT2D eigenvalue weighted by Gasteiger charge is 2.04. The van der Waals surface area contributed by atoms with E-state index in [1.54, 1.807) is 6.92 Å². The van der Waals surface area contributed by atoms with E-state index >= 15 is 0 Å². The Hall–Kier alpha value is -1.39. The summed E-state index contributed by atoms with van der Waals surface area (Å²) in [5, 5.41) is 12.0. The summed E-state index contributed by atoms with van der Waals surface area (Å²) in [6, 6.07) is 7.81. The first-order chi connectivity index (χ1) is 8.47. The topological polar surface area (TPSA) is 52.6 Å². The van der Waals surface area contributed by atoms with Crippen molar-refractivity contribution in [3.05, 3.63) is 29.8 Å². The first-order valence-corrected chi connectivity index (χ1v) is 6.20. The first-order valence-electron chi connectivity index (χ1n) is 6.20. The molecule has 1 unspecified atom stereocenters. The highest BCUT2D eigenvalue weighted by Crippen LogP contribution is 2.12. The Labute approximate surface area is 109 Å². The molecule has 0 radical (unpaired) electrons. The number of nitrogens with zero attached hydrogens (tertiary/aromatic N) is 1. The van der Waals surface area contributed by atoms with Crippen LogP contribution in [0.3, 0.4) is 0 Å². The predicted octanol–water partition coefficient (Wildman–Crippen LogP) is 1.85. The maximum atomic E-state index is 11.0. The molecule has 0 aliphatic heterocycles. The van der Waals surface area contributed by atoms with Gasteiger partial charge in [0.1, 0.15) is 0 Å². The second kappa shape index (κ2) is 7.13. The summed E-state index contributed by atoms with van der Waals surface area (Å²) in [5.74, 6) is -0.0605. The molecule has 4 nitrogen and oxygen atoms in total. The lowest BCUT2D eigenvalue weighted by Gasteiger charge is -2.18. The average molecular weight is 250 g/mol. The van der Waals surface area contributed by atoms with Crippen molar-refractivity contribution in [1.29, 1.82) is 0 Å². The maximum Gasteiger partial charge on any atom is 0.221 e. The Kier molecular flexibility index (Phi) is 5.82. The first kappa shape index (κ1) is 14.7. The largest absolute Gasteiger partial charge is 0.393 e. The molecular formula is C14H22N2O2. The molecule has 0 fully saturated rings. The van der Waals surface area contributed by atoms with Crippen LogP contribution in [0.15, 0.2) is 24.3 Å². The lowest BCUT2D eigenvalue weighted by Crippen LogP contribution is -2.22. The number of benzene rings is 1. The number of anilines is 1. The van der Waals surface area contributed by atoms with Gasteiger partial charge < -0.3 is 15.3 Å². The second-order valence-corrected chi connectivity index (χ2v) is 4.76. The predicted molar refractivity (Wildman–Crippen MR) is 73.4 cm³/mol. The number of carbonyl (C=O) groups is 1. The van der Waals surface area contributed by atoms with Crippen molar-refractivity contribution in [2.45, 2.75) is 32.9 Å². The summed E-state index contributed by atoms with van der Waals surface area (Å²) in [5.41, 5.74) is 1.97. The van der Waals surface area contributed by atoms with Gasteiger partial charge in [-0.25, -0.2) is 0 Å². The van der Waals surface area contributed by atoms with Crippen LogP contribution in [0.25, 0.3) is 0 Å². The minimum Gasteiger partial charge on any atom is -0.393 e. The molecule has 0 saturated heterocycles. The van der Waals surface area contributed by atoms with Crippen LogP contribution in [-0.4, -0.2) is 35.6 Å². The lowest BCUT2D eigenvalue weighted by atomic mass is 10.2. The third-order valence-corrected chi connectivity index (χ3v) is 2.63. The minimum atomic E-state index is -0.266. The summed E-state index contributed by atoms with van der Waals surface area (Å²) in [7, 11) is 2.02. The standard InChI is InChI=1S/C14H22N2O2/c1-11(17)7-8-16(3)10-13-5-4-6-14(9-13)15-12(2)18/h4-6,9,11,17H,7-8,10H2,1-3H3,(H,15,18). The van der Waals surface area contributed by atoms with Gasteiger partial charge in [-0.3, -0.25) is 4.79 Å². The van der Waals surface area contributed by atoms with E-state index in [1.165, 1.54) is 6.92 Å². The Balaban J connectivity index is 2.53. The SMILES string of the molecule is CC(=O)Nc1cccc(CN(C)CCC(C)O)c1. The van der Waals surface area contributed by atoms with Gasteiger partial charge in [0, 0.05) is 25.7 Å². The molecule has 1 atom stereocenters. The molecule has 2 N–H and O–H groups in total. The molecule has 0 aromatic heterocycles. The van der Waals surface area contributed by atoms with E-state index in [0.29, 0.717) is 0 Å². The monoisotopic (exact) mass is 250 g/mol. The highest BCUT2D eigenvalue weighted by molar-refractivity contribution is 5.88. The van der Waals surface area contributed by atoms with Crippen molar-refractivity contribution in [2.24, 2.45) is 0 Å². The number of carbonyl (C=O) groups excluding carboxylic acids is 1. The van der Waals surface area contributed by atoms with E-state index in [4.69, 9.17) is 0 Å². The van der Waals surface area contributed by atoms with Gasteiger partial charge in [-0.15, -0.1) is 0 Å². The van der Waals surface area contributed by atoms with Crippen molar-refractivity contribution in [3.63, 3.8) is 0 Å². The molecule has 0 heterocycles. The molecule has 0 saturated carbocycles. The van der Waals surface area contributed by atoms with Crippen LogP contribution in [0.4, 0.5) is 5.69 Å². The van der Waals surface area contributed by atoms with Crippen LogP contribution in [0.2, 0.25) is 0 Å². The molecule has 1 aromatic carbocycles. The maximum absolute atomic E-state index is 11.0. The summed E-state index contributed by atoms with van der Waals surface area (Å²) in [6.07, 6.45) is 0.500. The van der Waals surface area contributed by atoms with Gasteiger partial charge in [-0.1, -0.05) is 12.1 Å². The van der Waals surface area contributed by atoms with Gasteiger partial charge in [0.15, 0.2) is 0 Å². The zero-order valence-corrected chi connectivity index (χ0v) is 11.3. The zero-order valence-electron chi connectivity index (χ0n) is 11.3. The number of aliphatic hydroxyl groups excluding tert-OH is 1. The lowest BCUT2D eigenvalue weighted by molar-refractivity contribution is -0.114. The van der Waals surface area contributed by atoms with Crippen molar-refractivity contribution >= 4 is 11.6 Å². The number of hydrogen-bond acceptors (Lipinski definition) is 3. The molecule has 0 spiro atoms. The Morgan fingerprint density at radius 1 is 1.50 bits per heavy atom. The summed E-state index contributed by atoms with van der Waals surface area (Å²) in [4.78, 5) is 13.1. The Morgan fingerprint density at radius 2 is 2.22 bits per heavy atom. The van der Waals surface area contributed by atoms with E-state index in [-0.39, 0.29) is 12.0 Å². The molecule has 0 bridgehead atoms. The number of nitrogens with one attached hydrogen (secondary N) is 1. The van der Waals surface area contributed by atoms with E-state index in [9.17, 15) is 9.90 Å². The summed E-state index contributed by atoms with van der Waals surface area (Å²) in [6.45, 7) is 4.95. The van der Waals surface area contributed by atoms with E-state index in [2.05, 4.69) is 10.2 Å². The third-order valence-electron chi connectivity index (χ3n) is 2.63. The molecule has 0 aliphatic carbocycles. The van der Waals surface area contributed by atoms with Crippen molar-refractivity contribution in [1.82, 2.24) is 4.90 Å². The van der Waals surface area contributed by atoms with Crippen LogP contribution in [0.1, 0.15) is 25.8 Å². The average Bonchev–Trinajstić information content (AvgIpc) is 2.26. The molecule has 1 rings (SSSR count). The van der Waals surface area contributed by atoms with Crippen molar-refractivity contribution in [2.75, 3.05) is 18.9 Å². The minimum absolute atomic E-state index is 0.0605. The molecule has 1 amide bonds. The van der Waals surface area contributed by atoms with Gasteiger partial charge in [-0.2, -0.15) is 0 Å². The Morgan fingerprint density at radius 3 is 2.83 bits per heavy atom. The van der Waals surface area contributed by atoms with Crippen LogP contribution in [0.5, 0.6) is 0 Å². The molecule has 4 heteroatoms. The molecule has 1 aromatic rings. The number of hydrogen-bond donors (Lipinski definition) is 2. The number of rotatable bonds is 6. The normalized spacial score (nSPS) is 12.5. The smallest absolute Gasteiger partial charge is 0.221 e. The zero-order chi connectivity index (χ0) is 13.5.